The van der Waals surface area contributed by atoms with Crippen molar-refractivity contribution in [3.63, 3.8) is 0 Å². The zero-order valence-electron chi connectivity index (χ0n) is 19.5. The van der Waals surface area contributed by atoms with Gasteiger partial charge in [-0.05, 0) is 86.2 Å². The molecular weight excluding hydrogens is 376 g/mol. The normalized spacial score (nSPS) is 12.0. The Morgan fingerprint density at radius 1 is 0.935 bits per heavy atom. The molecule has 0 fully saturated rings. The van der Waals surface area contributed by atoms with E-state index in [2.05, 4.69) is 87.5 Å². The predicted molar refractivity (Wildman–Crippen MR) is 140 cm³/mol. The number of allylic oxidation sites excluding steroid dienone is 6. The molecule has 0 unspecified atom stereocenters. The Morgan fingerprint density at radius 3 is 2.29 bits per heavy atom. The van der Waals surface area contributed by atoms with Crippen LogP contribution in [-0.2, 0) is 0 Å². The van der Waals surface area contributed by atoms with E-state index >= 15 is 0 Å². The summed E-state index contributed by atoms with van der Waals surface area (Å²) < 4.78 is 0. The van der Waals surface area contributed by atoms with Crippen LogP contribution in [0.4, 0.5) is 11.4 Å². The SMILES string of the molecule is C=C/C=C(/C)c1cc(C(=C)Nc2cc(NC(=C)C(/C=C\C)=C/C)ccc2C)ccc1C. The van der Waals surface area contributed by atoms with Crippen molar-refractivity contribution in [3.8, 4) is 0 Å². The van der Waals surface area contributed by atoms with Gasteiger partial charge in [0.25, 0.3) is 0 Å². The van der Waals surface area contributed by atoms with Crippen molar-refractivity contribution < 1.29 is 0 Å². The van der Waals surface area contributed by atoms with Gasteiger partial charge in [0.2, 0.25) is 0 Å². The minimum absolute atomic E-state index is 0.856. The summed E-state index contributed by atoms with van der Waals surface area (Å²) in [5, 5.41) is 6.90. The van der Waals surface area contributed by atoms with Gasteiger partial charge in [0.05, 0.1) is 0 Å². The molecule has 0 atom stereocenters. The summed E-state index contributed by atoms with van der Waals surface area (Å²) in [5.41, 5.74) is 10.6. The first kappa shape index (κ1) is 23.8. The molecule has 0 heterocycles. The van der Waals surface area contributed by atoms with Crippen LogP contribution in [0.15, 0.2) is 97.8 Å². The highest BCUT2D eigenvalue weighted by Gasteiger charge is 2.08. The van der Waals surface area contributed by atoms with Crippen LogP contribution in [0.2, 0.25) is 0 Å². The molecule has 0 radical (unpaired) electrons. The molecule has 2 aromatic rings. The quantitative estimate of drug-likeness (QED) is 0.405. The van der Waals surface area contributed by atoms with E-state index in [1.165, 1.54) is 16.7 Å². The van der Waals surface area contributed by atoms with Crippen LogP contribution in [0.5, 0.6) is 0 Å². The number of nitrogens with one attached hydrogen (secondary N) is 2. The van der Waals surface area contributed by atoms with Gasteiger partial charge in [-0.2, -0.15) is 0 Å². The van der Waals surface area contributed by atoms with E-state index in [1.54, 1.807) is 0 Å². The Morgan fingerprint density at radius 2 is 1.65 bits per heavy atom. The monoisotopic (exact) mass is 410 g/mol. The van der Waals surface area contributed by atoms with Crippen molar-refractivity contribution in [2.45, 2.75) is 34.6 Å². The van der Waals surface area contributed by atoms with Gasteiger partial charge < -0.3 is 10.6 Å². The van der Waals surface area contributed by atoms with Gasteiger partial charge in [-0.3, -0.25) is 0 Å². The first-order valence-corrected chi connectivity index (χ1v) is 10.5. The van der Waals surface area contributed by atoms with Crippen LogP contribution < -0.4 is 10.6 Å². The Balaban J connectivity index is 2.27. The minimum atomic E-state index is 0.856. The fourth-order valence-corrected chi connectivity index (χ4v) is 3.37. The lowest BCUT2D eigenvalue weighted by atomic mass is 9.97. The summed E-state index contributed by atoms with van der Waals surface area (Å²) in [6, 6.07) is 12.6. The maximum absolute atomic E-state index is 4.29. The van der Waals surface area contributed by atoms with Gasteiger partial charge in [0.1, 0.15) is 0 Å². The summed E-state index contributed by atoms with van der Waals surface area (Å²) in [4.78, 5) is 0. The molecule has 2 heteroatoms. The summed E-state index contributed by atoms with van der Waals surface area (Å²) in [7, 11) is 0. The molecule has 2 N–H and O–H groups in total. The maximum atomic E-state index is 4.29. The standard InChI is InChI=1S/C29H34N2/c1-9-12-20(4)28-18-26(16-14-21(28)5)24(8)31-29-19-27(17-15-22(29)6)30-23(7)25(11-3)13-10-2/h9-19,30-31H,1,7-8H2,2-6H3/b13-10-,20-12-,25-11+. The summed E-state index contributed by atoms with van der Waals surface area (Å²) in [6.45, 7) is 22.6. The van der Waals surface area contributed by atoms with Crippen LogP contribution >= 0.6 is 0 Å². The molecule has 0 saturated carbocycles. The number of anilines is 2. The van der Waals surface area contributed by atoms with Crippen molar-refractivity contribution >= 4 is 22.6 Å². The van der Waals surface area contributed by atoms with E-state index in [1.807, 2.05) is 44.2 Å². The molecule has 0 amide bonds. The molecule has 2 aromatic carbocycles. The zero-order chi connectivity index (χ0) is 23.0. The van der Waals surface area contributed by atoms with Crippen molar-refractivity contribution in [1.82, 2.24) is 0 Å². The van der Waals surface area contributed by atoms with Crippen LogP contribution in [-0.4, -0.2) is 0 Å². The van der Waals surface area contributed by atoms with Crippen molar-refractivity contribution in [1.29, 1.82) is 0 Å². The fraction of sp³-hybridized carbons (Fsp3) is 0.172. The van der Waals surface area contributed by atoms with Gasteiger partial charge >= 0.3 is 0 Å². The van der Waals surface area contributed by atoms with Gasteiger partial charge in [-0.25, -0.2) is 0 Å². The molecule has 0 aliphatic heterocycles. The van der Waals surface area contributed by atoms with Gasteiger partial charge in [-0.1, -0.05) is 68.3 Å². The smallest absolute Gasteiger partial charge is 0.0434 e. The average Bonchev–Trinajstić information content (AvgIpc) is 2.74. The lowest BCUT2D eigenvalue weighted by Gasteiger charge is -2.17. The average molecular weight is 411 g/mol. The molecular formula is C29H34N2. The number of hydrogen-bond acceptors (Lipinski definition) is 2. The topological polar surface area (TPSA) is 24.1 Å². The number of hydrogen-bond donors (Lipinski definition) is 2. The highest BCUT2D eigenvalue weighted by atomic mass is 14.9. The largest absolute Gasteiger partial charge is 0.355 e. The lowest BCUT2D eigenvalue weighted by molar-refractivity contribution is 1.37. The van der Waals surface area contributed by atoms with Crippen molar-refractivity contribution in [3.05, 3.63) is 120 Å². The lowest BCUT2D eigenvalue weighted by Crippen LogP contribution is -2.03. The van der Waals surface area contributed by atoms with Gasteiger partial charge in [0, 0.05) is 22.8 Å². The van der Waals surface area contributed by atoms with Gasteiger partial charge in [-0.15, -0.1) is 0 Å². The summed E-state index contributed by atoms with van der Waals surface area (Å²) in [5.74, 6) is 0. The van der Waals surface area contributed by atoms with E-state index < -0.39 is 0 Å². The van der Waals surface area contributed by atoms with E-state index in [-0.39, 0.29) is 0 Å². The second-order valence-corrected chi connectivity index (χ2v) is 7.60. The first-order valence-electron chi connectivity index (χ1n) is 10.5. The third-order valence-corrected chi connectivity index (χ3v) is 5.20. The Hall–Kier alpha value is -3.52. The zero-order valence-corrected chi connectivity index (χ0v) is 19.5. The number of benzene rings is 2. The summed E-state index contributed by atoms with van der Waals surface area (Å²) in [6.07, 6.45) is 9.95. The molecule has 0 aromatic heterocycles. The summed E-state index contributed by atoms with van der Waals surface area (Å²) >= 11 is 0. The Bertz CT molecular complexity index is 1080. The molecule has 0 spiro atoms. The maximum Gasteiger partial charge on any atom is 0.0434 e. The molecule has 31 heavy (non-hydrogen) atoms. The first-order chi connectivity index (χ1) is 14.8. The highest BCUT2D eigenvalue weighted by molar-refractivity contribution is 5.81. The van der Waals surface area contributed by atoms with E-state index in [0.29, 0.717) is 0 Å². The number of aryl methyl sites for hydroxylation is 2. The fourth-order valence-electron chi connectivity index (χ4n) is 3.37. The van der Waals surface area contributed by atoms with Crippen LogP contribution in [0.1, 0.15) is 43.0 Å². The van der Waals surface area contributed by atoms with E-state index in [9.17, 15) is 0 Å². The molecule has 0 aliphatic carbocycles. The van der Waals surface area contributed by atoms with Crippen molar-refractivity contribution in [2.75, 3.05) is 10.6 Å². The van der Waals surface area contributed by atoms with Gasteiger partial charge in [0.15, 0.2) is 0 Å². The third-order valence-electron chi connectivity index (χ3n) is 5.20. The second kappa shape index (κ2) is 11.0. The molecule has 0 saturated heterocycles. The highest BCUT2D eigenvalue weighted by Crippen LogP contribution is 2.28. The van der Waals surface area contributed by atoms with E-state index in [0.717, 1.165) is 39.5 Å². The second-order valence-electron chi connectivity index (χ2n) is 7.60. The number of rotatable bonds is 9. The molecule has 0 aliphatic rings. The predicted octanol–water partition coefficient (Wildman–Crippen LogP) is 8.42. The Labute approximate surface area is 188 Å². The molecule has 160 valence electrons. The minimum Gasteiger partial charge on any atom is -0.355 e. The van der Waals surface area contributed by atoms with E-state index in [4.69, 9.17) is 0 Å². The van der Waals surface area contributed by atoms with Crippen LogP contribution in [0.25, 0.3) is 11.3 Å². The van der Waals surface area contributed by atoms with Crippen molar-refractivity contribution in [2.24, 2.45) is 0 Å². The van der Waals surface area contributed by atoms with Crippen LogP contribution in [0.3, 0.4) is 0 Å². The Kier molecular flexibility index (Phi) is 8.45. The van der Waals surface area contributed by atoms with Crippen LogP contribution in [0, 0.1) is 13.8 Å². The molecule has 2 rings (SSSR count). The third kappa shape index (κ3) is 6.23. The molecule has 0 bridgehead atoms. The molecule has 2 nitrogen and oxygen atoms in total.